The van der Waals surface area contributed by atoms with Gasteiger partial charge in [0.2, 0.25) is 0 Å². The fourth-order valence-corrected chi connectivity index (χ4v) is 5.03. The fraction of sp³-hybridized carbons (Fsp3) is 0.0769. The summed E-state index contributed by atoms with van der Waals surface area (Å²) < 4.78 is 2.85. The minimum Gasteiger partial charge on any atom is -0.360 e. The number of hydrogen-bond donors (Lipinski definition) is 2. The Kier molecular flexibility index (Phi) is 4.92. The molecule has 4 aromatic heterocycles. The molecule has 0 aliphatic rings. The van der Waals surface area contributed by atoms with Crippen molar-refractivity contribution >= 4 is 38.1 Å². The fourth-order valence-electron chi connectivity index (χ4n) is 4.36. The second-order valence-corrected chi connectivity index (χ2v) is 8.91. The summed E-state index contributed by atoms with van der Waals surface area (Å²) >= 11 is 1.57. The first kappa shape index (κ1) is 20.3. The highest BCUT2D eigenvalue weighted by molar-refractivity contribution is 7.16. The summed E-state index contributed by atoms with van der Waals surface area (Å²) in [6, 6.07) is 19.4. The number of thiazole rings is 1. The molecule has 0 aliphatic heterocycles. The van der Waals surface area contributed by atoms with Gasteiger partial charge in [-0.3, -0.25) is 14.5 Å². The zero-order valence-corrected chi connectivity index (χ0v) is 19.1. The topological polar surface area (TPSA) is 88.5 Å². The van der Waals surface area contributed by atoms with Crippen LogP contribution in [-0.2, 0) is 0 Å². The Morgan fingerprint density at radius 1 is 1.06 bits per heavy atom. The molecule has 6 aromatic rings. The lowest BCUT2D eigenvalue weighted by molar-refractivity contribution is 0.774. The average molecular weight is 465 g/mol. The van der Waals surface area contributed by atoms with Gasteiger partial charge in [-0.1, -0.05) is 36.4 Å². The standard InChI is InChI=1S/C26H20N6OS/c1-16(31-25-24-22(10-11-27-25)34-15-28-24)21-12-17-6-5-9-20(18-13-29-30-14-18)23(17)26(33)32(21)19-7-3-2-4-8-19/h2-16H,1H3,(H,27,31)(H,29,30)/t16-/m0/s1. The first-order chi connectivity index (χ1) is 16.7. The monoisotopic (exact) mass is 464 g/mol. The zero-order valence-electron chi connectivity index (χ0n) is 18.3. The molecule has 34 heavy (non-hydrogen) atoms. The van der Waals surface area contributed by atoms with Crippen LogP contribution in [-0.4, -0.2) is 24.7 Å². The Hall–Kier alpha value is -4.30. The van der Waals surface area contributed by atoms with E-state index < -0.39 is 0 Å². The number of nitrogens with one attached hydrogen (secondary N) is 2. The summed E-state index contributed by atoms with van der Waals surface area (Å²) in [5.74, 6) is 0.700. The third-order valence-corrected chi connectivity index (χ3v) is 6.74. The molecule has 6 rings (SSSR count). The zero-order chi connectivity index (χ0) is 23.1. The quantitative estimate of drug-likeness (QED) is 0.349. The molecule has 8 heteroatoms. The van der Waals surface area contributed by atoms with E-state index in [4.69, 9.17) is 0 Å². The molecule has 0 aliphatic carbocycles. The first-order valence-electron chi connectivity index (χ1n) is 10.9. The first-order valence-corrected chi connectivity index (χ1v) is 11.8. The summed E-state index contributed by atoms with van der Waals surface area (Å²) in [5, 5.41) is 11.9. The van der Waals surface area contributed by atoms with Gasteiger partial charge >= 0.3 is 0 Å². The van der Waals surface area contributed by atoms with Crippen LogP contribution in [0, 0.1) is 0 Å². The van der Waals surface area contributed by atoms with E-state index in [9.17, 15) is 4.79 Å². The van der Waals surface area contributed by atoms with E-state index in [1.54, 1.807) is 34.5 Å². The SMILES string of the molecule is C[C@H](Nc1nccc2scnc12)c1cc2cccc(-c3cn[nH]c3)c2c(=O)n1-c1ccccc1. The van der Waals surface area contributed by atoms with Gasteiger partial charge in [0.1, 0.15) is 5.52 Å². The van der Waals surface area contributed by atoms with Gasteiger partial charge in [0.25, 0.3) is 5.56 Å². The van der Waals surface area contributed by atoms with Crippen LogP contribution in [0.1, 0.15) is 18.7 Å². The predicted molar refractivity (Wildman–Crippen MR) is 137 cm³/mol. The van der Waals surface area contributed by atoms with Crippen LogP contribution >= 0.6 is 11.3 Å². The van der Waals surface area contributed by atoms with Crippen molar-refractivity contribution in [3.05, 3.63) is 101 Å². The lowest BCUT2D eigenvalue weighted by atomic mass is 10.00. The highest BCUT2D eigenvalue weighted by Gasteiger charge is 2.20. The third kappa shape index (κ3) is 3.36. The van der Waals surface area contributed by atoms with Crippen LogP contribution in [0.15, 0.2) is 89.6 Å². The molecule has 0 bridgehead atoms. The molecule has 0 fully saturated rings. The van der Waals surface area contributed by atoms with Crippen LogP contribution in [0.5, 0.6) is 0 Å². The number of H-pyrrole nitrogens is 1. The van der Waals surface area contributed by atoms with Crippen molar-refractivity contribution in [2.75, 3.05) is 5.32 Å². The van der Waals surface area contributed by atoms with Gasteiger partial charge in [0.15, 0.2) is 5.82 Å². The van der Waals surface area contributed by atoms with E-state index in [-0.39, 0.29) is 11.6 Å². The molecule has 0 amide bonds. The van der Waals surface area contributed by atoms with Gasteiger partial charge in [0.05, 0.1) is 27.8 Å². The molecule has 0 saturated carbocycles. The average Bonchev–Trinajstić information content (AvgIpc) is 3.57. The normalized spacial score (nSPS) is 12.3. The van der Waals surface area contributed by atoms with E-state index in [2.05, 4.69) is 31.5 Å². The number of rotatable bonds is 5. The minimum absolute atomic E-state index is 0.0797. The largest absolute Gasteiger partial charge is 0.360 e. The predicted octanol–water partition coefficient (Wildman–Crippen LogP) is 5.56. The maximum Gasteiger partial charge on any atom is 0.263 e. The van der Waals surface area contributed by atoms with Crippen molar-refractivity contribution in [3.8, 4) is 16.8 Å². The second-order valence-electron chi connectivity index (χ2n) is 8.03. The van der Waals surface area contributed by atoms with Crippen molar-refractivity contribution in [1.82, 2.24) is 24.7 Å². The summed E-state index contributed by atoms with van der Waals surface area (Å²) in [6.45, 7) is 2.03. The third-order valence-electron chi connectivity index (χ3n) is 5.94. The highest BCUT2D eigenvalue weighted by Crippen LogP contribution is 2.31. The van der Waals surface area contributed by atoms with Crippen LogP contribution < -0.4 is 10.9 Å². The molecule has 2 N–H and O–H groups in total. The van der Waals surface area contributed by atoms with Crippen molar-refractivity contribution in [2.24, 2.45) is 0 Å². The van der Waals surface area contributed by atoms with Gasteiger partial charge in [-0.05, 0) is 42.1 Å². The number of fused-ring (bicyclic) bond motifs is 2. The molecule has 0 spiro atoms. The second kappa shape index (κ2) is 8.24. The van der Waals surface area contributed by atoms with E-state index in [1.807, 2.05) is 67.0 Å². The van der Waals surface area contributed by atoms with Crippen molar-refractivity contribution in [3.63, 3.8) is 0 Å². The van der Waals surface area contributed by atoms with Gasteiger partial charge in [-0.25, -0.2) is 9.97 Å². The number of aromatic nitrogens is 5. The number of aromatic amines is 1. The van der Waals surface area contributed by atoms with E-state index >= 15 is 0 Å². The number of pyridine rings is 2. The summed E-state index contributed by atoms with van der Waals surface area (Å²) in [4.78, 5) is 23.1. The van der Waals surface area contributed by atoms with Crippen LogP contribution in [0.2, 0.25) is 0 Å². The molecule has 4 heterocycles. The van der Waals surface area contributed by atoms with Crippen LogP contribution in [0.4, 0.5) is 5.82 Å². The van der Waals surface area contributed by atoms with Crippen LogP contribution in [0.25, 0.3) is 37.8 Å². The number of hydrogen-bond acceptors (Lipinski definition) is 6. The molecular formula is C26H20N6OS. The number of nitrogens with zero attached hydrogens (tertiary/aromatic N) is 4. The minimum atomic E-state index is -0.213. The van der Waals surface area contributed by atoms with E-state index in [1.165, 1.54) is 0 Å². The van der Waals surface area contributed by atoms with E-state index in [0.717, 1.165) is 38.1 Å². The molecule has 0 saturated heterocycles. The Bertz CT molecular complexity index is 1670. The van der Waals surface area contributed by atoms with Crippen molar-refractivity contribution < 1.29 is 0 Å². The van der Waals surface area contributed by atoms with Gasteiger partial charge < -0.3 is 5.32 Å². The van der Waals surface area contributed by atoms with Gasteiger partial charge in [0, 0.05) is 29.3 Å². The van der Waals surface area contributed by atoms with E-state index in [0.29, 0.717) is 11.2 Å². The summed E-state index contributed by atoms with van der Waals surface area (Å²) in [6.07, 6.45) is 5.32. The maximum atomic E-state index is 14.1. The molecule has 0 unspecified atom stereocenters. The number of para-hydroxylation sites is 1. The smallest absolute Gasteiger partial charge is 0.263 e. The molecule has 7 nitrogen and oxygen atoms in total. The van der Waals surface area contributed by atoms with Gasteiger partial charge in [-0.15, -0.1) is 11.3 Å². The Morgan fingerprint density at radius 3 is 2.76 bits per heavy atom. The lowest BCUT2D eigenvalue weighted by Gasteiger charge is -2.22. The molecule has 1 atom stereocenters. The maximum absolute atomic E-state index is 14.1. The van der Waals surface area contributed by atoms with Gasteiger partial charge in [-0.2, -0.15) is 5.10 Å². The summed E-state index contributed by atoms with van der Waals surface area (Å²) in [5.41, 5.74) is 5.93. The molecular weight excluding hydrogens is 444 g/mol. The molecule has 0 radical (unpaired) electrons. The van der Waals surface area contributed by atoms with Crippen molar-refractivity contribution in [1.29, 1.82) is 0 Å². The summed E-state index contributed by atoms with van der Waals surface area (Å²) in [7, 11) is 0. The Morgan fingerprint density at radius 2 is 1.94 bits per heavy atom. The molecule has 2 aromatic carbocycles. The Labute approximate surface area is 198 Å². The van der Waals surface area contributed by atoms with Crippen LogP contribution in [0.3, 0.4) is 0 Å². The lowest BCUT2D eigenvalue weighted by Crippen LogP contribution is -2.26. The highest BCUT2D eigenvalue weighted by atomic mass is 32.1. The molecule has 166 valence electrons. The Balaban J connectivity index is 1.58. The van der Waals surface area contributed by atoms with Crippen molar-refractivity contribution in [2.45, 2.75) is 13.0 Å². The number of anilines is 1. The number of benzene rings is 2.